The number of nitrogens with zero attached hydrogens (tertiary/aromatic N) is 4. The zero-order valence-electron chi connectivity index (χ0n) is 16.6. The minimum atomic E-state index is -0.253. The summed E-state index contributed by atoms with van der Waals surface area (Å²) in [4.78, 5) is 13.2. The molecule has 0 spiro atoms. The molecule has 28 heavy (non-hydrogen) atoms. The highest BCUT2D eigenvalue weighted by Crippen LogP contribution is 2.34. The van der Waals surface area contributed by atoms with Gasteiger partial charge in [0.2, 0.25) is 0 Å². The van der Waals surface area contributed by atoms with Gasteiger partial charge in [0.25, 0.3) is 0 Å². The summed E-state index contributed by atoms with van der Waals surface area (Å²) in [5.74, 6) is 1.98. The predicted octanol–water partition coefficient (Wildman–Crippen LogP) is 2.46. The molecule has 0 radical (unpaired) electrons. The van der Waals surface area contributed by atoms with Gasteiger partial charge in [-0.25, -0.2) is 9.37 Å². The minimum absolute atomic E-state index is 0. The summed E-state index contributed by atoms with van der Waals surface area (Å²) < 4.78 is 13.9. The van der Waals surface area contributed by atoms with E-state index in [1.54, 1.807) is 12.3 Å². The molecule has 8 heteroatoms. The van der Waals surface area contributed by atoms with E-state index in [1.807, 2.05) is 11.9 Å². The Bertz CT molecular complexity index is 664. The average Bonchev–Trinajstić information content (AvgIpc) is 3.60. The summed E-state index contributed by atoms with van der Waals surface area (Å²) in [5, 5.41) is 6.94. The topological polar surface area (TPSA) is 55.8 Å². The normalized spacial score (nSPS) is 22.3. The Balaban J connectivity index is 0.00000225. The Hall–Kier alpha value is -1.16. The number of pyridine rings is 1. The van der Waals surface area contributed by atoms with Gasteiger partial charge < -0.3 is 15.5 Å². The van der Waals surface area contributed by atoms with Crippen LogP contribution in [0, 0.1) is 11.7 Å². The van der Waals surface area contributed by atoms with Crippen LogP contribution >= 0.6 is 24.0 Å². The van der Waals surface area contributed by atoms with Gasteiger partial charge in [0.1, 0.15) is 0 Å². The summed E-state index contributed by atoms with van der Waals surface area (Å²) in [5.41, 5.74) is 0. The van der Waals surface area contributed by atoms with E-state index in [2.05, 4.69) is 25.5 Å². The number of nitrogens with one attached hydrogen (secondary N) is 2. The Morgan fingerprint density at radius 2 is 2.14 bits per heavy atom. The van der Waals surface area contributed by atoms with Crippen molar-refractivity contribution in [2.24, 2.45) is 10.9 Å². The summed E-state index contributed by atoms with van der Waals surface area (Å²) in [6, 6.07) is 4.17. The molecule has 0 bridgehead atoms. The molecule has 1 aliphatic heterocycles. The van der Waals surface area contributed by atoms with Crippen molar-refractivity contribution in [2.45, 2.75) is 44.2 Å². The van der Waals surface area contributed by atoms with Crippen molar-refractivity contribution < 1.29 is 4.39 Å². The number of guanidine groups is 1. The van der Waals surface area contributed by atoms with E-state index in [1.165, 1.54) is 38.3 Å². The first-order chi connectivity index (χ1) is 13.2. The molecule has 2 aliphatic carbocycles. The largest absolute Gasteiger partial charge is 0.355 e. The van der Waals surface area contributed by atoms with Crippen LogP contribution in [0.3, 0.4) is 0 Å². The molecule has 1 aromatic rings. The number of halogens is 2. The molecular weight excluding hydrogens is 470 g/mol. The number of hydrogen-bond donors (Lipinski definition) is 2. The first kappa shape index (κ1) is 21.5. The van der Waals surface area contributed by atoms with Crippen LogP contribution in [-0.2, 0) is 0 Å². The van der Waals surface area contributed by atoms with Gasteiger partial charge in [-0.3, -0.25) is 9.89 Å². The van der Waals surface area contributed by atoms with Crippen LogP contribution in [0.15, 0.2) is 23.3 Å². The van der Waals surface area contributed by atoms with Crippen LogP contribution < -0.4 is 15.5 Å². The maximum absolute atomic E-state index is 13.9. The number of anilines is 1. The Morgan fingerprint density at radius 3 is 2.82 bits per heavy atom. The molecule has 3 fully saturated rings. The Kier molecular flexibility index (Phi) is 7.73. The minimum Gasteiger partial charge on any atom is -0.355 e. The van der Waals surface area contributed by atoms with E-state index < -0.39 is 0 Å². The number of aromatic nitrogens is 1. The third kappa shape index (κ3) is 5.92. The second-order valence-corrected chi connectivity index (χ2v) is 8.05. The van der Waals surface area contributed by atoms with Gasteiger partial charge in [0.15, 0.2) is 17.6 Å². The molecule has 1 unspecified atom stereocenters. The van der Waals surface area contributed by atoms with Crippen molar-refractivity contribution in [1.29, 1.82) is 0 Å². The van der Waals surface area contributed by atoms with Gasteiger partial charge >= 0.3 is 0 Å². The molecule has 3 aliphatic rings. The van der Waals surface area contributed by atoms with E-state index >= 15 is 0 Å². The molecule has 0 amide bonds. The van der Waals surface area contributed by atoms with Crippen molar-refractivity contribution in [1.82, 2.24) is 20.5 Å². The Morgan fingerprint density at radius 1 is 1.32 bits per heavy atom. The fourth-order valence-corrected chi connectivity index (χ4v) is 3.88. The van der Waals surface area contributed by atoms with Crippen LogP contribution in [0.25, 0.3) is 0 Å². The lowest BCUT2D eigenvalue weighted by Gasteiger charge is -2.23. The summed E-state index contributed by atoms with van der Waals surface area (Å²) in [7, 11) is 1.81. The zero-order valence-corrected chi connectivity index (χ0v) is 18.9. The molecular formula is C20H32FIN6. The molecule has 156 valence electrons. The highest BCUT2D eigenvalue weighted by molar-refractivity contribution is 14.0. The number of hydrogen-bond acceptors (Lipinski definition) is 4. The molecule has 2 heterocycles. The van der Waals surface area contributed by atoms with Gasteiger partial charge in [0.05, 0.1) is 0 Å². The molecule has 1 saturated heterocycles. The first-order valence-corrected chi connectivity index (χ1v) is 10.3. The van der Waals surface area contributed by atoms with Gasteiger partial charge in [-0.05, 0) is 50.2 Å². The lowest BCUT2D eigenvalue weighted by atomic mass is 10.3. The predicted molar refractivity (Wildman–Crippen MR) is 122 cm³/mol. The number of aliphatic imine (C=N–C) groups is 1. The van der Waals surface area contributed by atoms with Crippen molar-refractivity contribution in [3.8, 4) is 0 Å². The lowest BCUT2D eigenvalue weighted by Crippen LogP contribution is -2.47. The van der Waals surface area contributed by atoms with E-state index in [9.17, 15) is 4.39 Å². The fraction of sp³-hybridized carbons (Fsp3) is 0.700. The second-order valence-electron chi connectivity index (χ2n) is 8.05. The van der Waals surface area contributed by atoms with Crippen molar-refractivity contribution in [3.05, 3.63) is 24.1 Å². The maximum atomic E-state index is 13.9. The van der Waals surface area contributed by atoms with E-state index in [0.717, 1.165) is 50.5 Å². The first-order valence-electron chi connectivity index (χ1n) is 10.3. The SMILES string of the molecule is CN=C(NCCN(CC1CC1)C1CC1)NC1CCN(c2ncccc2F)C1.I. The van der Waals surface area contributed by atoms with Gasteiger partial charge in [-0.2, -0.15) is 0 Å². The van der Waals surface area contributed by atoms with E-state index in [0.29, 0.717) is 5.82 Å². The summed E-state index contributed by atoms with van der Waals surface area (Å²) in [6.45, 7) is 4.81. The molecule has 4 rings (SSSR count). The van der Waals surface area contributed by atoms with Gasteiger partial charge in [-0.15, -0.1) is 24.0 Å². The summed E-state index contributed by atoms with van der Waals surface area (Å²) in [6.07, 6.45) is 8.15. The smallest absolute Gasteiger partial charge is 0.191 e. The molecule has 2 saturated carbocycles. The summed E-state index contributed by atoms with van der Waals surface area (Å²) >= 11 is 0. The Labute approximate surface area is 184 Å². The van der Waals surface area contributed by atoms with E-state index in [4.69, 9.17) is 0 Å². The van der Waals surface area contributed by atoms with Crippen LogP contribution in [0.4, 0.5) is 10.2 Å². The average molecular weight is 502 g/mol. The molecule has 1 aromatic heterocycles. The molecule has 6 nitrogen and oxygen atoms in total. The maximum Gasteiger partial charge on any atom is 0.191 e. The van der Waals surface area contributed by atoms with Crippen molar-refractivity contribution in [3.63, 3.8) is 0 Å². The molecule has 0 aromatic carbocycles. The second kappa shape index (κ2) is 10.0. The molecule has 2 N–H and O–H groups in total. The number of rotatable bonds is 8. The standard InChI is InChI=1S/C20H31FN6.HI/c1-22-20(24-10-12-26(17-6-7-17)13-15-4-5-15)25-16-8-11-27(14-16)19-18(21)3-2-9-23-19;/h2-3,9,15-17H,4-8,10-14H2,1H3,(H2,22,24,25);1H. The highest BCUT2D eigenvalue weighted by Gasteiger charge is 2.33. The molecule has 1 atom stereocenters. The van der Waals surface area contributed by atoms with Gasteiger partial charge in [0, 0.05) is 58.1 Å². The van der Waals surface area contributed by atoms with Crippen LogP contribution in [0.5, 0.6) is 0 Å². The quantitative estimate of drug-likeness (QED) is 0.325. The van der Waals surface area contributed by atoms with Gasteiger partial charge in [-0.1, -0.05) is 0 Å². The third-order valence-electron chi connectivity index (χ3n) is 5.74. The van der Waals surface area contributed by atoms with E-state index in [-0.39, 0.29) is 35.8 Å². The highest BCUT2D eigenvalue weighted by atomic mass is 127. The van der Waals surface area contributed by atoms with Crippen molar-refractivity contribution >= 4 is 35.8 Å². The van der Waals surface area contributed by atoms with Crippen LogP contribution in [0.1, 0.15) is 32.1 Å². The lowest BCUT2D eigenvalue weighted by molar-refractivity contribution is 0.256. The third-order valence-corrected chi connectivity index (χ3v) is 5.74. The van der Waals surface area contributed by atoms with Crippen molar-refractivity contribution in [2.75, 3.05) is 44.7 Å². The van der Waals surface area contributed by atoms with Crippen LogP contribution in [0.2, 0.25) is 0 Å². The fourth-order valence-electron chi connectivity index (χ4n) is 3.88. The van der Waals surface area contributed by atoms with Crippen LogP contribution in [-0.4, -0.2) is 67.7 Å². The zero-order chi connectivity index (χ0) is 18.6. The monoisotopic (exact) mass is 502 g/mol.